The molecule has 2 rings (SSSR count). The summed E-state index contributed by atoms with van der Waals surface area (Å²) in [5.74, 6) is 1.32. The lowest BCUT2D eigenvalue weighted by atomic mass is 9.87. The van der Waals surface area contributed by atoms with Crippen LogP contribution in [0, 0.1) is 0 Å². The van der Waals surface area contributed by atoms with Gasteiger partial charge in [-0.25, -0.2) is 0 Å². The Labute approximate surface area is 114 Å². The lowest BCUT2D eigenvalue weighted by molar-refractivity contribution is 0.112. The molecule has 0 atom stereocenters. The third kappa shape index (κ3) is 3.22. The number of para-hydroxylation sites is 1. The summed E-state index contributed by atoms with van der Waals surface area (Å²) in [6.45, 7) is 6.51. The standard InChI is InChI=1S/C17H18O2/c1-17(2,3)14-8-10-15(11-9-14)19-16-7-5-4-6-13(16)12-18/h4-12H,1-3H3. The van der Waals surface area contributed by atoms with Gasteiger partial charge in [0.05, 0.1) is 5.56 Å². The van der Waals surface area contributed by atoms with Crippen LogP contribution in [0.15, 0.2) is 48.5 Å². The molecule has 0 amide bonds. The van der Waals surface area contributed by atoms with E-state index in [4.69, 9.17) is 4.74 Å². The van der Waals surface area contributed by atoms with Gasteiger partial charge in [0.1, 0.15) is 11.5 Å². The van der Waals surface area contributed by atoms with E-state index in [1.54, 1.807) is 12.1 Å². The van der Waals surface area contributed by atoms with Gasteiger partial charge in [0.15, 0.2) is 6.29 Å². The van der Waals surface area contributed by atoms with E-state index in [-0.39, 0.29) is 5.41 Å². The molecule has 0 spiro atoms. The Bertz CT molecular complexity index is 563. The molecule has 98 valence electrons. The van der Waals surface area contributed by atoms with Crippen molar-refractivity contribution in [3.8, 4) is 11.5 Å². The largest absolute Gasteiger partial charge is 0.457 e. The Morgan fingerprint density at radius 2 is 1.58 bits per heavy atom. The second kappa shape index (κ2) is 5.27. The molecule has 0 aliphatic heterocycles. The fourth-order valence-corrected chi connectivity index (χ4v) is 1.82. The number of ether oxygens (including phenoxy) is 1. The normalized spacial score (nSPS) is 11.1. The van der Waals surface area contributed by atoms with Crippen LogP contribution >= 0.6 is 0 Å². The van der Waals surface area contributed by atoms with E-state index in [1.165, 1.54) is 5.56 Å². The minimum atomic E-state index is 0.124. The summed E-state index contributed by atoms with van der Waals surface area (Å²) in [6.07, 6.45) is 0.804. The minimum Gasteiger partial charge on any atom is -0.457 e. The molecule has 0 N–H and O–H groups in total. The van der Waals surface area contributed by atoms with Gasteiger partial charge < -0.3 is 4.74 Å². The molecule has 0 radical (unpaired) electrons. The molecule has 0 heterocycles. The third-order valence-electron chi connectivity index (χ3n) is 2.99. The van der Waals surface area contributed by atoms with Crippen LogP contribution < -0.4 is 4.74 Å². The second-order valence-electron chi connectivity index (χ2n) is 5.53. The lowest BCUT2D eigenvalue weighted by Gasteiger charge is -2.19. The molecule has 0 bridgehead atoms. The monoisotopic (exact) mass is 254 g/mol. The van der Waals surface area contributed by atoms with Gasteiger partial charge in [-0.05, 0) is 35.2 Å². The van der Waals surface area contributed by atoms with E-state index in [2.05, 4.69) is 32.9 Å². The molecule has 0 fully saturated rings. The van der Waals surface area contributed by atoms with Crippen molar-refractivity contribution in [2.24, 2.45) is 0 Å². The van der Waals surface area contributed by atoms with Crippen LogP contribution in [0.4, 0.5) is 0 Å². The highest BCUT2D eigenvalue weighted by Crippen LogP contribution is 2.28. The van der Waals surface area contributed by atoms with Crippen molar-refractivity contribution >= 4 is 6.29 Å². The Morgan fingerprint density at radius 1 is 0.947 bits per heavy atom. The summed E-state index contributed by atoms with van der Waals surface area (Å²) in [5, 5.41) is 0. The Kier molecular flexibility index (Phi) is 3.70. The molecular weight excluding hydrogens is 236 g/mol. The third-order valence-corrected chi connectivity index (χ3v) is 2.99. The number of hydrogen-bond acceptors (Lipinski definition) is 2. The van der Waals surface area contributed by atoms with E-state index < -0.39 is 0 Å². The fourth-order valence-electron chi connectivity index (χ4n) is 1.82. The van der Waals surface area contributed by atoms with Gasteiger partial charge in [0, 0.05) is 0 Å². The highest BCUT2D eigenvalue weighted by Gasteiger charge is 2.13. The molecular formula is C17H18O2. The highest BCUT2D eigenvalue weighted by atomic mass is 16.5. The molecule has 0 saturated carbocycles. The first-order valence-corrected chi connectivity index (χ1v) is 6.33. The van der Waals surface area contributed by atoms with Gasteiger partial charge in [-0.15, -0.1) is 0 Å². The smallest absolute Gasteiger partial charge is 0.153 e. The molecule has 0 aliphatic rings. The maximum atomic E-state index is 10.9. The van der Waals surface area contributed by atoms with Crippen LogP contribution in [-0.4, -0.2) is 6.29 Å². The van der Waals surface area contributed by atoms with Gasteiger partial charge >= 0.3 is 0 Å². The maximum absolute atomic E-state index is 10.9. The predicted octanol–water partition coefficient (Wildman–Crippen LogP) is 4.59. The number of rotatable bonds is 3. The zero-order chi connectivity index (χ0) is 13.9. The van der Waals surface area contributed by atoms with Crippen molar-refractivity contribution in [2.45, 2.75) is 26.2 Å². The average molecular weight is 254 g/mol. The SMILES string of the molecule is CC(C)(C)c1ccc(Oc2ccccc2C=O)cc1. The molecule has 2 nitrogen and oxygen atoms in total. The summed E-state index contributed by atoms with van der Waals surface area (Å²) in [6, 6.07) is 15.2. The van der Waals surface area contributed by atoms with Crippen LogP contribution in [0.3, 0.4) is 0 Å². The predicted molar refractivity (Wildman–Crippen MR) is 77.0 cm³/mol. The van der Waals surface area contributed by atoms with Crippen LogP contribution in [0.25, 0.3) is 0 Å². The molecule has 2 aromatic carbocycles. The zero-order valence-electron chi connectivity index (χ0n) is 11.5. The highest BCUT2D eigenvalue weighted by molar-refractivity contribution is 5.79. The van der Waals surface area contributed by atoms with Gasteiger partial charge in [-0.3, -0.25) is 4.79 Å². The van der Waals surface area contributed by atoms with Crippen molar-refractivity contribution in [3.63, 3.8) is 0 Å². The minimum absolute atomic E-state index is 0.124. The van der Waals surface area contributed by atoms with E-state index in [1.807, 2.05) is 24.3 Å². The zero-order valence-corrected chi connectivity index (χ0v) is 11.5. The van der Waals surface area contributed by atoms with E-state index in [0.717, 1.165) is 12.0 Å². The van der Waals surface area contributed by atoms with Gasteiger partial charge in [0.25, 0.3) is 0 Å². The first kappa shape index (κ1) is 13.3. The van der Waals surface area contributed by atoms with Gasteiger partial charge in [0.2, 0.25) is 0 Å². The van der Waals surface area contributed by atoms with Gasteiger partial charge in [-0.1, -0.05) is 45.0 Å². The van der Waals surface area contributed by atoms with E-state index in [0.29, 0.717) is 11.3 Å². The molecule has 2 aromatic rings. The van der Waals surface area contributed by atoms with E-state index in [9.17, 15) is 4.79 Å². The fraction of sp³-hybridized carbons (Fsp3) is 0.235. The van der Waals surface area contributed by atoms with Crippen molar-refractivity contribution < 1.29 is 9.53 Å². The quantitative estimate of drug-likeness (QED) is 0.749. The van der Waals surface area contributed by atoms with Gasteiger partial charge in [-0.2, -0.15) is 0 Å². The number of carbonyl (C=O) groups is 1. The van der Waals surface area contributed by atoms with Crippen LogP contribution in [0.2, 0.25) is 0 Å². The molecule has 2 heteroatoms. The molecule has 0 unspecified atom stereocenters. The van der Waals surface area contributed by atoms with Crippen molar-refractivity contribution in [2.75, 3.05) is 0 Å². The molecule has 19 heavy (non-hydrogen) atoms. The summed E-state index contributed by atoms with van der Waals surface area (Å²) in [4.78, 5) is 10.9. The first-order valence-electron chi connectivity index (χ1n) is 6.33. The Morgan fingerprint density at radius 3 is 2.16 bits per heavy atom. The second-order valence-corrected chi connectivity index (χ2v) is 5.53. The number of hydrogen-bond donors (Lipinski definition) is 0. The van der Waals surface area contributed by atoms with Crippen molar-refractivity contribution in [1.82, 2.24) is 0 Å². The summed E-state index contributed by atoms with van der Waals surface area (Å²) >= 11 is 0. The summed E-state index contributed by atoms with van der Waals surface area (Å²) in [5.41, 5.74) is 1.94. The first-order chi connectivity index (χ1) is 9.00. The lowest BCUT2D eigenvalue weighted by Crippen LogP contribution is -2.10. The Hall–Kier alpha value is -2.09. The average Bonchev–Trinajstić information content (AvgIpc) is 2.39. The van der Waals surface area contributed by atoms with Crippen LogP contribution in [-0.2, 0) is 5.41 Å². The molecule has 0 aliphatic carbocycles. The topological polar surface area (TPSA) is 26.3 Å². The molecule has 0 saturated heterocycles. The summed E-state index contributed by atoms with van der Waals surface area (Å²) in [7, 11) is 0. The van der Waals surface area contributed by atoms with E-state index >= 15 is 0 Å². The Balaban J connectivity index is 2.22. The van der Waals surface area contributed by atoms with Crippen LogP contribution in [0.5, 0.6) is 11.5 Å². The number of aldehydes is 1. The van der Waals surface area contributed by atoms with Crippen molar-refractivity contribution in [3.05, 3.63) is 59.7 Å². The maximum Gasteiger partial charge on any atom is 0.153 e. The van der Waals surface area contributed by atoms with Crippen molar-refractivity contribution in [1.29, 1.82) is 0 Å². The molecule has 0 aromatic heterocycles. The van der Waals surface area contributed by atoms with Crippen LogP contribution in [0.1, 0.15) is 36.7 Å². The summed E-state index contributed by atoms with van der Waals surface area (Å²) < 4.78 is 5.74. The number of benzene rings is 2. The number of carbonyl (C=O) groups excluding carboxylic acids is 1.